The number of rotatable bonds is 6. The van der Waals surface area contributed by atoms with Gasteiger partial charge in [-0.1, -0.05) is 18.2 Å². The van der Waals surface area contributed by atoms with Crippen molar-refractivity contribution in [1.82, 2.24) is 24.7 Å². The van der Waals surface area contributed by atoms with Gasteiger partial charge in [0, 0.05) is 30.7 Å². The molecule has 3 heterocycles. The van der Waals surface area contributed by atoms with Crippen LogP contribution in [0.2, 0.25) is 0 Å². The van der Waals surface area contributed by atoms with Crippen LogP contribution in [-0.2, 0) is 0 Å². The van der Waals surface area contributed by atoms with Gasteiger partial charge >= 0.3 is 0 Å². The summed E-state index contributed by atoms with van der Waals surface area (Å²) < 4.78 is 1.32. The van der Waals surface area contributed by atoms with Crippen molar-refractivity contribution in [2.45, 2.75) is 13.8 Å². The SMILES string of the molecule is CNc1nc(Nc2ccccc2C)c(C#N)c(C)c1N=Nc1c(C#N)cnn1-c1ncccn1. The first-order valence-electron chi connectivity index (χ1n) is 10.2. The van der Waals surface area contributed by atoms with Gasteiger partial charge in [-0.3, -0.25) is 0 Å². The monoisotopic (exact) mass is 449 g/mol. The predicted molar refractivity (Wildman–Crippen MR) is 126 cm³/mol. The highest BCUT2D eigenvalue weighted by Gasteiger charge is 2.19. The topological polar surface area (TPSA) is 153 Å². The Bertz CT molecular complexity index is 1460. The van der Waals surface area contributed by atoms with Crippen LogP contribution in [0.15, 0.2) is 59.2 Å². The molecule has 0 aliphatic rings. The summed E-state index contributed by atoms with van der Waals surface area (Å²) in [4.78, 5) is 12.9. The molecular formula is C23H19N11. The van der Waals surface area contributed by atoms with E-state index in [1.54, 1.807) is 32.4 Å². The maximum atomic E-state index is 9.87. The molecule has 34 heavy (non-hydrogen) atoms. The zero-order valence-corrected chi connectivity index (χ0v) is 18.6. The first-order valence-corrected chi connectivity index (χ1v) is 10.2. The zero-order chi connectivity index (χ0) is 24.1. The van der Waals surface area contributed by atoms with E-state index in [9.17, 15) is 10.5 Å². The minimum absolute atomic E-state index is 0.163. The second-order valence-electron chi connectivity index (χ2n) is 7.11. The van der Waals surface area contributed by atoms with Gasteiger partial charge in [-0.2, -0.15) is 20.3 Å². The van der Waals surface area contributed by atoms with Crippen LogP contribution in [0.5, 0.6) is 0 Å². The number of anilines is 3. The Morgan fingerprint density at radius 2 is 1.74 bits per heavy atom. The highest BCUT2D eigenvalue weighted by atomic mass is 15.4. The standard InChI is InChI=1S/C23H19N11/c1-14-7-4-5-8-18(14)30-20-17(12-25)15(2)19(21(26-3)31-20)32-33-22-16(11-24)13-29-34(22)23-27-9-6-10-28-23/h4-10,13H,1-3H3,(H2,26,30,31). The number of hydrogen-bond acceptors (Lipinski definition) is 10. The third-order valence-electron chi connectivity index (χ3n) is 5.01. The number of hydrogen-bond donors (Lipinski definition) is 2. The van der Waals surface area contributed by atoms with Crippen LogP contribution in [-0.4, -0.2) is 31.8 Å². The zero-order valence-electron chi connectivity index (χ0n) is 18.6. The van der Waals surface area contributed by atoms with Gasteiger partial charge in [0.2, 0.25) is 0 Å². The molecule has 3 aromatic heterocycles. The van der Waals surface area contributed by atoms with Crippen molar-refractivity contribution >= 4 is 28.8 Å². The van der Waals surface area contributed by atoms with Crippen molar-refractivity contribution in [3.8, 4) is 18.1 Å². The van der Waals surface area contributed by atoms with Gasteiger partial charge in [0.05, 0.1) is 11.8 Å². The van der Waals surface area contributed by atoms with Crippen LogP contribution in [0.4, 0.5) is 28.8 Å². The van der Waals surface area contributed by atoms with Gasteiger partial charge in [0.15, 0.2) is 17.5 Å². The van der Waals surface area contributed by atoms with E-state index in [4.69, 9.17) is 0 Å². The molecule has 11 nitrogen and oxygen atoms in total. The lowest BCUT2D eigenvalue weighted by Crippen LogP contribution is -2.04. The molecule has 0 atom stereocenters. The van der Waals surface area contributed by atoms with Crippen molar-refractivity contribution in [3.05, 3.63) is 71.2 Å². The van der Waals surface area contributed by atoms with Gasteiger partial charge in [-0.25, -0.2) is 15.0 Å². The van der Waals surface area contributed by atoms with E-state index >= 15 is 0 Å². The maximum Gasteiger partial charge on any atom is 0.252 e. The molecule has 0 spiro atoms. The highest BCUT2D eigenvalue weighted by Crippen LogP contribution is 2.36. The molecule has 0 aliphatic heterocycles. The van der Waals surface area contributed by atoms with Gasteiger partial charge < -0.3 is 10.6 Å². The molecule has 0 unspecified atom stereocenters. The Labute approximate surface area is 195 Å². The van der Waals surface area contributed by atoms with Crippen LogP contribution < -0.4 is 10.6 Å². The van der Waals surface area contributed by atoms with Crippen molar-refractivity contribution < 1.29 is 0 Å². The van der Waals surface area contributed by atoms with Gasteiger partial charge in [0.1, 0.15) is 23.4 Å². The smallest absolute Gasteiger partial charge is 0.252 e. The second kappa shape index (κ2) is 9.54. The van der Waals surface area contributed by atoms with E-state index in [-0.39, 0.29) is 17.3 Å². The Hall–Kier alpha value is -5.16. The number of pyridine rings is 1. The van der Waals surface area contributed by atoms with E-state index in [1.807, 2.05) is 37.3 Å². The molecule has 0 radical (unpaired) electrons. The molecule has 166 valence electrons. The summed E-state index contributed by atoms with van der Waals surface area (Å²) in [5, 5.41) is 38.4. The van der Waals surface area contributed by atoms with E-state index in [0.717, 1.165) is 11.3 Å². The molecule has 0 fully saturated rings. The molecule has 4 aromatic rings. The lowest BCUT2D eigenvalue weighted by Gasteiger charge is -2.15. The Morgan fingerprint density at radius 1 is 0.971 bits per heavy atom. The molecule has 0 saturated carbocycles. The van der Waals surface area contributed by atoms with Crippen molar-refractivity contribution in [2.24, 2.45) is 10.2 Å². The number of para-hydroxylation sites is 1. The van der Waals surface area contributed by atoms with Gasteiger partial charge in [-0.15, -0.1) is 10.2 Å². The average Bonchev–Trinajstić information content (AvgIpc) is 3.28. The summed E-state index contributed by atoms with van der Waals surface area (Å²) in [6.07, 6.45) is 4.48. The molecule has 0 amide bonds. The van der Waals surface area contributed by atoms with E-state index in [2.05, 4.69) is 47.0 Å². The van der Waals surface area contributed by atoms with Gasteiger partial charge in [-0.05, 0) is 31.5 Å². The van der Waals surface area contributed by atoms with Crippen LogP contribution in [0.25, 0.3) is 5.95 Å². The fourth-order valence-corrected chi connectivity index (χ4v) is 3.22. The summed E-state index contributed by atoms with van der Waals surface area (Å²) in [5.74, 6) is 1.22. The number of aryl methyl sites for hydroxylation is 1. The fraction of sp³-hybridized carbons (Fsp3) is 0.130. The van der Waals surface area contributed by atoms with Crippen molar-refractivity contribution in [3.63, 3.8) is 0 Å². The fourth-order valence-electron chi connectivity index (χ4n) is 3.22. The normalized spacial score (nSPS) is 10.6. The quantitative estimate of drug-likeness (QED) is 0.404. The molecule has 11 heteroatoms. The lowest BCUT2D eigenvalue weighted by molar-refractivity contribution is 0.803. The molecule has 2 N–H and O–H groups in total. The van der Waals surface area contributed by atoms with Crippen LogP contribution >= 0.6 is 0 Å². The molecule has 0 aliphatic carbocycles. The van der Waals surface area contributed by atoms with Crippen LogP contribution in [0.1, 0.15) is 22.3 Å². The van der Waals surface area contributed by atoms with Crippen molar-refractivity contribution in [1.29, 1.82) is 10.5 Å². The molecule has 1 aromatic carbocycles. The van der Waals surface area contributed by atoms with E-state index in [1.165, 1.54) is 10.9 Å². The Kier molecular flexibility index (Phi) is 6.19. The Balaban J connectivity index is 1.80. The third-order valence-corrected chi connectivity index (χ3v) is 5.01. The first kappa shape index (κ1) is 22.0. The number of benzene rings is 1. The summed E-state index contributed by atoms with van der Waals surface area (Å²) in [7, 11) is 1.70. The molecular weight excluding hydrogens is 430 g/mol. The van der Waals surface area contributed by atoms with Crippen molar-refractivity contribution in [2.75, 3.05) is 17.7 Å². The summed E-state index contributed by atoms with van der Waals surface area (Å²) in [6.45, 7) is 3.73. The van der Waals surface area contributed by atoms with E-state index in [0.29, 0.717) is 28.5 Å². The maximum absolute atomic E-state index is 9.87. The molecule has 0 bridgehead atoms. The lowest BCUT2D eigenvalue weighted by atomic mass is 10.1. The highest BCUT2D eigenvalue weighted by molar-refractivity contribution is 5.77. The summed E-state index contributed by atoms with van der Waals surface area (Å²) in [6, 6.07) is 13.6. The number of nitriles is 2. The minimum Gasteiger partial charge on any atom is -0.371 e. The Morgan fingerprint density at radius 3 is 2.41 bits per heavy atom. The number of azo groups is 1. The summed E-state index contributed by atoms with van der Waals surface area (Å²) in [5.41, 5.74) is 3.32. The molecule has 0 saturated heterocycles. The average molecular weight is 449 g/mol. The number of nitrogens with zero attached hydrogens (tertiary/aromatic N) is 9. The second-order valence-corrected chi connectivity index (χ2v) is 7.11. The number of aromatic nitrogens is 5. The van der Waals surface area contributed by atoms with Crippen LogP contribution in [0.3, 0.4) is 0 Å². The third kappa shape index (κ3) is 4.13. The number of nitrogens with one attached hydrogen (secondary N) is 2. The van der Waals surface area contributed by atoms with Gasteiger partial charge in [0.25, 0.3) is 5.95 Å². The predicted octanol–water partition coefficient (Wildman–Crippen LogP) is 4.62. The van der Waals surface area contributed by atoms with E-state index < -0.39 is 0 Å². The largest absolute Gasteiger partial charge is 0.371 e. The van der Waals surface area contributed by atoms with Crippen LogP contribution in [0, 0.1) is 36.5 Å². The molecule has 4 rings (SSSR count). The minimum atomic E-state index is 0.163. The first-order chi connectivity index (χ1) is 16.6. The summed E-state index contributed by atoms with van der Waals surface area (Å²) >= 11 is 0.